The quantitative estimate of drug-likeness (QED) is 0.349. The third kappa shape index (κ3) is 6.32. The van der Waals surface area contributed by atoms with Crippen LogP contribution in [0.1, 0.15) is 46.5 Å². The SMILES string of the molecule is C=C=CCCCCCO[Si](C)(C)C(C)(C)C. The van der Waals surface area contributed by atoms with Crippen LogP contribution in [0.15, 0.2) is 18.4 Å². The molecule has 0 radical (unpaired) electrons. The summed E-state index contributed by atoms with van der Waals surface area (Å²) in [6, 6.07) is 0. The summed E-state index contributed by atoms with van der Waals surface area (Å²) < 4.78 is 6.10. The first kappa shape index (κ1) is 15.7. The lowest BCUT2D eigenvalue weighted by atomic mass is 10.2. The lowest BCUT2D eigenvalue weighted by Crippen LogP contribution is -2.40. The van der Waals surface area contributed by atoms with Crippen LogP contribution in [0.5, 0.6) is 0 Å². The van der Waals surface area contributed by atoms with Crippen molar-refractivity contribution in [3.05, 3.63) is 18.4 Å². The maximum atomic E-state index is 6.10. The molecule has 94 valence electrons. The fourth-order valence-electron chi connectivity index (χ4n) is 1.17. The summed E-state index contributed by atoms with van der Waals surface area (Å²) in [7, 11) is -1.51. The van der Waals surface area contributed by atoms with Gasteiger partial charge in [-0.1, -0.05) is 33.8 Å². The average molecular weight is 240 g/mol. The third-order valence-electron chi connectivity index (χ3n) is 3.41. The Morgan fingerprint density at radius 3 is 2.31 bits per heavy atom. The molecule has 0 rings (SSSR count). The van der Waals surface area contributed by atoms with Crippen LogP contribution in [0.3, 0.4) is 0 Å². The Bertz CT molecular complexity index is 232. The highest BCUT2D eigenvalue weighted by atomic mass is 28.4. The van der Waals surface area contributed by atoms with E-state index in [2.05, 4.69) is 46.2 Å². The molecule has 0 heterocycles. The number of hydrogen-bond acceptors (Lipinski definition) is 1. The van der Waals surface area contributed by atoms with Gasteiger partial charge in [0.05, 0.1) is 0 Å². The Labute approximate surface area is 103 Å². The van der Waals surface area contributed by atoms with Gasteiger partial charge in [0, 0.05) is 6.61 Å². The van der Waals surface area contributed by atoms with E-state index in [9.17, 15) is 0 Å². The molecule has 0 saturated heterocycles. The maximum Gasteiger partial charge on any atom is 0.191 e. The van der Waals surface area contributed by atoms with Crippen LogP contribution in [0.25, 0.3) is 0 Å². The maximum absolute atomic E-state index is 6.10. The van der Waals surface area contributed by atoms with Gasteiger partial charge in [-0.05, 0) is 43.5 Å². The van der Waals surface area contributed by atoms with Crippen LogP contribution in [-0.2, 0) is 4.43 Å². The van der Waals surface area contributed by atoms with E-state index in [1.54, 1.807) is 0 Å². The van der Waals surface area contributed by atoms with E-state index in [0.29, 0.717) is 5.04 Å². The predicted molar refractivity (Wildman–Crippen MR) is 75.3 cm³/mol. The Hall–Kier alpha value is -0.303. The van der Waals surface area contributed by atoms with Gasteiger partial charge in [0.25, 0.3) is 0 Å². The van der Waals surface area contributed by atoms with E-state index in [0.717, 1.165) is 13.0 Å². The zero-order valence-corrected chi connectivity index (χ0v) is 12.7. The first-order valence-electron chi connectivity index (χ1n) is 6.29. The lowest BCUT2D eigenvalue weighted by molar-refractivity contribution is 0.278. The second-order valence-corrected chi connectivity index (χ2v) is 10.7. The minimum absolute atomic E-state index is 0.332. The number of hydrogen-bond donors (Lipinski definition) is 0. The van der Waals surface area contributed by atoms with Gasteiger partial charge in [-0.25, -0.2) is 0 Å². The Morgan fingerprint density at radius 2 is 1.81 bits per heavy atom. The Morgan fingerprint density at radius 1 is 1.19 bits per heavy atom. The number of unbranched alkanes of at least 4 members (excludes halogenated alkanes) is 3. The fourth-order valence-corrected chi connectivity index (χ4v) is 2.26. The lowest BCUT2D eigenvalue weighted by Gasteiger charge is -2.36. The topological polar surface area (TPSA) is 9.23 Å². The van der Waals surface area contributed by atoms with Crippen molar-refractivity contribution in [1.82, 2.24) is 0 Å². The molecule has 0 spiro atoms. The molecule has 0 aromatic heterocycles. The molecule has 16 heavy (non-hydrogen) atoms. The van der Waals surface area contributed by atoms with E-state index in [1.807, 2.05) is 6.08 Å². The zero-order chi connectivity index (χ0) is 12.7. The van der Waals surface area contributed by atoms with Gasteiger partial charge in [-0.3, -0.25) is 0 Å². The standard InChI is InChI=1S/C14H28OSi/c1-7-8-9-10-11-12-13-15-16(5,6)14(2,3)4/h8H,1,9-13H2,2-6H3. The van der Waals surface area contributed by atoms with Gasteiger partial charge < -0.3 is 4.43 Å². The molecule has 2 heteroatoms. The van der Waals surface area contributed by atoms with Crippen LogP contribution < -0.4 is 0 Å². The molecule has 0 N–H and O–H groups in total. The molecule has 1 nitrogen and oxygen atoms in total. The summed E-state index contributed by atoms with van der Waals surface area (Å²) in [5.74, 6) is 0. The Kier molecular flexibility index (Phi) is 6.97. The van der Waals surface area contributed by atoms with Crippen molar-refractivity contribution in [3.8, 4) is 0 Å². The van der Waals surface area contributed by atoms with Gasteiger partial charge in [0.1, 0.15) is 0 Å². The van der Waals surface area contributed by atoms with E-state index < -0.39 is 8.32 Å². The van der Waals surface area contributed by atoms with Crippen molar-refractivity contribution < 1.29 is 4.43 Å². The fraction of sp³-hybridized carbons (Fsp3) is 0.786. The summed E-state index contributed by atoms with van der Waals surface area (Å²) in [4.78, 5) is 0. The highest BCUT2D eigenvalue weighted by Crippen LogP contribution is 2.36. The third-order valence-corrected chi connectivity index (χ3v) is 7.94. The smallest absolute Gasteiger partial charge is 0.191 e. The molecule has 0 saturated carbocycles. The summed E-state index contributed by atoms with van der Waals surface area (Å²) in [5, 5.41) is 0.332. The van der Waals surface area contributed by atoms with E-state index in [-0.39, 0.29) is 0 Å². The van der Waals surface area contributed by atoms with Crippen molar-refractivity contribution in [3.63, 3.8) is 0 Å². The average Bonchev–Trinajstić information content (AvgIpc) is 2.14. The van der Waals surface area contributed by atoms with Crippen LogP contribution >= 0.6 is 0 Å². The minimum atomic E-state index is -1.51. The molecule has 0 aliphatic rings. The first-order valence-corrected chi connectivity index (χ1v) is 9.20. The number of rotatable bonds is 7. The zero-order valence-electron chi connectivity index (χ0n) is 11.7. The van der Waals surface area contributed by atoms with Gasteiger partial charge >= 0.3 is 0 Å². The van der Waals surface area contributed by atoms with E-state index in [1.165, 1.54) is 19.3 Å². The van der Waals surface area contributed by atoms with Gasteiger partial charge in [-0.15, -0.1) is 5.73 Å². The van der Waals surface area contributed by atoms with Gasteiger partial charge in [0.15, 0.2) is 8.32 Å². The van der Waals surface area contributed by atoms with Crippen LogP contribution in [-0.4, -0.2) is 14.9 Å². The number of allylic oxidation sites excluding steroid dienone is 1. The molecule has 0 aromatic carbocycles. The van der Waals surface area contributed by atoms with Crippen molar-refractivity contribution in [2.75, 3.05) is 6.61 Å². The Balaban J connectivity index is 3.62. The molecule has 0 fully saturated rings. The van der Waals surface area contributed by atoms with Crippen molar-refractivity contribution in [2.45, 2.75) is 64.6 Å². The summed E-state index contributed by atoms with van der Waals surface area (Å²) in [5.41, 5.74) is 2.80. The van der Waals surface area contributed by atoms with E-state index in [4.69, 9.17) is 4.43 Å². The molecule has 0 bridgehead atoms. The van der Waals surface area contributed by atoms with Crippen molar-refractivity contribution in [2.24, 2.45) is 0 Å². The van der Waals surface area contributed by atoms with Gasteiger partial charge in [-0.2, -0.15) is 0 Å². The monoisotopic (exact) mass is 240 g/mol. The van der Waals surface area contributed by atoms with Crippen LogP contribution in [0.2, 0.25) is 18.1 Å². The molecule has 0 unspecified atom stereocenters. The van der Waals surface area contributed by atoms with E-state index >= 15 is 0 Å². The molecular formula is C14H28OSi. The normalized spacial score (nSPS) is 12.3. The summed E-state index contributed by atoms with van der Waals surface area (Å²) in [6.07, 6.45) is 6.76. The summed E-state index contributed by atoms with van der Waals surface area (Å²) in [6.45, 7) is 16.0. The van der Waals surface area contributed by atoms with Gasteiger partial charge in [0.2, 0.25) is 0 Å². The predicted octanol–water partition coefficient (Wildman–Crippen LogP) is 4.91. The van der Waals surface area contributed by atoms with Crippen molar-refractivity contribution >= 4 is 8.32 Å². The minimum Gasteiger partial charge on any atom is -0.417 e. The van der Waals surface area contributed by atoms with Crippen molar-refractivity contribution in [1.29, 1.82) is 0 Å². The molecule has 0 atom stereocenters. The second kappa shape index (κ2) is 7.11. The first-order chi connectivity index (χ1) is 7.31. The molecule has 0 aromatic rings. The summed E-state index contributed by atoms with van der Waals surface area (Å²) >= 11 is 0. The molecule has 0 aliphatic heterocycles. The highest BCUT2D eigenvalue weighted by Gasteiger charge is 2.36. The second-order valence-electron chi connectivity index (χ2n) is 5.87. The molecular weight excluding hydrogens is 212 g/mol. The highest BCUT2D eigenvalue weighted by molar-refractivity contribution is 6.74. The van der Waals surface area contributed by atoms with Crippen LogP contribution in [0, 0.1) is 0 Å². The molecule has 0 aliphatic carbocycles. The molecule has 0 amide bonds. The van der Waals surface area contributed by atoms with Crippen LogP contribution in [0.4, 0.5) is 0 Å². The largest absolute Gasteiger partial charge is 0.417 e.